The Kier molecular flexibility index (Phi) is 5.70. The molecule has 6 nitrogen and oxygen atoms in total. The molecule has 0 aliphatic carbocycles. The summed E-state index contributed by atoms with van der Waals surface area (Å²) in [4.78, 5) is 4.60. The van der Waals surface area contributed by atoms with Gasteiger partial charge in [-0.3, -0.25) is 5.10 Å². The van der Waals surface area contributed by atoms with Crippen molar-refractivity contribution in [3.8, 4) is 22.9 Å². The summed E-state index contributed by atoms with van der Waals surface area (Å²) in [7, 11) is 1.61. The first-order valence-electron chi connectivity index (χ1n) is 9.43. The second kappa shape index (κ2) is 8.02. The molecule has 3 aromatic rings. The van der Waals surface area contributed by atoms with Gasteiger partial charge in [0.2, 0.25) is 0 Å². The van der Waals surface area contributed by atoms with Crippen LogP contribution in [0.15, 0.2) is 42.5 Å². The van der Waals surface area contributed by atoms with Crippen molar-refractivity contribution in [3.63, 3.8) is 0 Å². The average Bonchev–Trinajstić information content (AvgIpc) is 3.17. The summed E-state index contributed by atoms with van der Waals surface area (Å²) in [6.07, 6.45) is 0. The molecule has 0 spiro atoms. The number of nitrogens with one attached hydrogen (secondary N) is 1. The monoisotopic (exact) mass is 380 g/mol. The largest absolute Gasteiger partial charge is 0.493 e. The van der Waals surface area contributed by atoms with Gasteiger partial charge in [-0.15, -0.1) is 0 Å². The Morgan fingerprint density at radius 2 is 1.79 bits per heavy atom. The molecule has 148 valence electrons. The minimum Gasteiger partial charge on any atom is -0.493 e. The van der Waals surface area contributed by atoms with Crippen LogP contribution in [0.3, 0.4) is 0 Å². The number of methoxy groups -OCH3 is 1. The Morgan fingerprint density at radius 1 is 1.07 bits per heavy atom. The molecule has 3 N–H and O–H groups in total. The van der Waals surface area contributed by atoms with Crippen LogP contribution in [0, 0.1) is 0 Å². The van der Waals surface area contributed by atoms with Gasteiger partial charge >= 0.3 is 0 Å². The summed E-state index contributed by atoms with van der Waals surface area (Å²) in [5.74, 6) is 2.57. The van der Waals surface area contributed by atoms with E-state index in [9.17, 15) is 0 Å². The van der Waals surface area contributed by atoms with Gasteiger partial charge in [-0.2, -0.15) is 5.10 Å². The van der Waals surface area contributed by atoms with Crippen molar-refractivity contribution < 1.29 is 9.47 Å². The number of aromatic nitrogens is 3. The quantitative estimate of drug-likeness (QED) is 0.668. The SMILES string of the molecule is CCOc1ccc([C@H](N)c2nc(-c3ccc(C(C)(C)C)cc3)n[nH]2)cc1OC. The van der Waals surface area contributed by atoms with E-state index in [1.54, 1.807) is 7.11 Å². The van der Waals surface area contributed by atoms with E-state index in [1.165, 1.54) is 5.56 Å². The molecule has 3 rings (SSSR count). The molecule has 1 atom stereocenters. The summed E-state index contributed by atoms with van der Waals surface area (Å²) >= 11 is 0. The van der Waals surface area contributed by atoms with Crippen molar-refractivity contribution in [2.75, 3.05) is 13.7 Å². The van der Waals surface area contributed by atoms with E-state index in [2.05, 4.69) is 48.1 Å². The maximum Gasteiger partial charge on any atom is 0.181 e. The fourth-order valence-corrected chi connectivity index (χ4v) is 2.97. The van der Waals surface area contributed by atoms with Gasteiger partial charge in [0.05, 0.1) is 19.8 Å². The molecule has 1 aromatic heterocycles. The number of nitrogens with two attached hydrogens (primary N) is 1. The van der Waals surface area contributed by atoms with Crippen LogP contribution >= 0.6 is 0 Å². The molecule has 0 bridgehead atoms. The van der Waals surface area contributed by atoms with Crippen molar-refractivity contribution in [2.24, 2.45) is 5.73 Å². The molecular formula is C22H28N4O2. The minimum atomic E-state index is -0.445. The minimum absolute atomic E-state index is 0.109. The molecule has 1 heterocycles. The molecule has 2 aromatic carbocycles. The number of ether oxygens (including phenoxy) is 2. The molecule has 0 saturated heterocycles. The lowest BCUT2D eigenvalue weighted by Crippen LogP contribution is -2.14. The zero-order chi connectivity index (χ0) is 20.3. The Morgan fingerprint density at radius 3 is 2.39 bits per heavy atom. The maximum absolute atomic E-state index is 6.41. The van der Waals surface area contributed by atoms with Crippen LogP contribution in [0.2, 0.25) is 0 Å². The number of rotatable bonds is 6. The fourth-order valence-electron chi connectivity index (χ4n) is 2.97. The Labute approximate surface area is 166 Å². The third kappa shape index (κ3) is 4.17. The normalized spacial score (nSPS) is 12.6. The summed E-state index contributed by atoms with van der Waals surface area (Å²) in [5, 5.41) is 7.31. The van der Waals surface area contributed by atoms with Crippen molar-refractivity contribution in [1.29, 1.82) is 0 Å². The Hall–Kier alpha value is -2.86. The smallest absolute Gasteiger partial charge is 0.181 e. The van der Waals surface area contributed by atoms with Gasteiger partial charge in [-0.1, -0.05) is 51.1 Å². The third-order valence-corrected chi connectivity index (χ3v) is 4.65. The molecule has 0 radical (unpaired) electrons. The third-order valence-electron chi connectivity index (χ3n) is 4.65. The summed E-state index contributed by atoms with van der Waals surface area (Å²) < 4.78 is 11.0. The summed E-state index contributed by atoms with van der Waals surface area (Å²) in [6.45, 7) is 9.08. The first kappa shape index (κ1) is 19.9. The van der Waals surface area contributed by atoms with Crippen molar-refractivity contribution in [1.82, 2.24) is 15.2 Å². The van der Waals surface area contributed by atoms with E-state index in [-0.39, 0.29) is 5.41 Å². The maximum atomic E-state index is 6.41. The predicted octanol–water partition coefficient (Wildman–Crippen LogP) is 4.22. The number of aromatic amines is 1. The van der Waals surface area contributed by atoms with Crippen LogP contribution in [0.25, 0.3) is 11.4 Å². The van der Waals surface area contributed by atoms with Crippen molar-refractivity contribution in [3.05, 3.63) is 59.4 Å². The van der Waals surface area contributed by atoms with E-state index in [4.69, 9.17) is 15.2 Å². The van der Waals surface area contributed by atoms with Crippen molar-refractivity contribution in [2.45, 2.75) is 39.2 Å². The van der Waals surface area contributed by atoms with E-state index < -0.39 is 6.04 Å². The Balaban J connectivity index is 1.83. The lowest BCUT2D eigenvalue weighted by Gasteiger charge is -2.18. The van der Waals surface area contributed by atoms with Crippen molar-refractivity contribution >= 4 is 0 Å². The number of benzene rings is 2. The highest BCUT2D eigenvalue weighted by molar-refractivity contribution is 5.55. The summed E-state index contributed by atoms with van der Waals surface area (Å²) in [6, 6.07) is 13.5. The van der Waals surface area contributed by atoms with E-state index in [0.717, 1.165) is 11.1 Å². The number of hydrogen-bond acceptors (Lipinski definition) is 5. The second-order valence-electron chi connectivity index (χ2n) is 7.69. The lowest BCUT2D eigenvalue weighted by molar-refractivity contribution is 0.310. The highest BCUT2D eigenvalue weighted by Gasteiger charge is 2.18. The molecule has 0 aliphatic heterocycles. The van der Waals surface area contributed by atoms with Gasteiger partial charge in [0, 0.05) is 5.56 Å². The predicted molar refractivity (Wildman–Crippen MR) is 111 cm³/mol. The van der Waals surface area contributed by atoms with Gasteiger partial charge in [0.25, 0.3) is 0 Å². The fraction of sp³-hybridized carbons (Fsp3) is 0.364. The number of H-pyrrole nitrogens is 1. The average molecular weight is 380 g/mol. The number of nitrogens with zero attached hydrogens (tertiary/aromatic N) is 2. The standard InChI is InChI=1S/C22H28N4O2/c1-6-28-17-12-9-15(13-18(17)27-5)19(23)21-24-20(25-26-21)14-7-10-16(11-8-14)22(2,3)4/h7-13,19H,6,23H2,1-5H3,(H,24,25,26)/t19-/m0/s1. The zero-order valence-electron chi connectivity index (χ0n) is 17.1. The molecule has 0 amide bonds. The molecule has 0 aliphatic rings. The Bertz CT molecular complexity index is 926. The molecular weight excluding hydrogens is 352 g/mol. The molecule has 6 heteroatoms. The molecule has 0 unspecified atom stereocenters. The van der Waals surface area contributed by atoms with Crippen LogP contribution in [0.5, 0.6) is 11.5 Å². The first-order valence-corrected chi connectivity index (χ1v) is 9.43. The van der Waals surface area contributed by atoms with Gasteiger partial charge in [-0.05, 0) is 35.6 Å². The van der Waals surface area contributed by atoms with Gasteiger partial charge in [-0.25, -0.2) is 4.98 Å². The highest BCUT2D eigenvalue weighted by atomic mass is 16.5. The van der Waals surface area contributed by atoms with Gasteiger partial charge in [0.1, 0.15) is 5.82 Å². The zero-order valence-corrected chi connectivity index (χ0v) is 17.1. The second-order valence-corrected chi connectivity index (χ2v) is 7.69. The number of hydrogen-bond donors (Lipinski definition) is 2. The van der Waals surface area contributed by atoms with Crippen LogP contribution < -0.4 is 15.2 Å². The van der Waals surface area contributed by atoms with E-state index >= 15 is 0 Å². The van der Waals surface area contributed by atoms with Crippen LogP contribution in [0.4, 0.5) is 0 Å². The highest BCUT2D eigenvalue weighted by Crippen LogP contribution is 2.31. The van der Waals surface area contributed by atoms with E-state index in [0.29, 0.717) is 29.8 Å². The van der Waals surface area contributed by atoms with Crippen LogP contribution in [-0.4, -0.2) is 28.9 Å². The van der Waals surface area contributed by atoms with E-state index in [1.807, 2.05) is 37.3 Å². The first-order chi connectivity index (χ1) is 13.3. The van der Waals surface area contributed by atoms with Crippen LogP contribution in [-0.2, 0) is 5.41 Å². The topological polar surface area (TPSA) is 86.0 Å². The molecule has 0 fully saturated rings. The van der Waals surface area contributed by atoms with Gasteiger partial charge < -0.3 is 15.2 Å². The summed E-state index contributed by atoms with van der Waals surface area (Å²) in [5.41, 5.74) is 9.60. The lowest BCUT2D eigenvalue weighted by atomic mass is 9.87. The van der Waals surface area contributed by atoms with Crippen LogP contribution in [0.1, 0.15) is 50.7 Å². The van der Waals surface area contributed by atoms with Gasteiger partial charge in [0.15, 0.2) is 17.3 Å². The molecule has 28 heavy (non-hydrogen) atoms. The molecule has 0 saturated carbocycles.